The minimum absolute atomic E-state index is 0.0837. The molecule has 0 aliphatic heterocycles. The maximum absolute atomic E-state index is 9.68. The fourth-order valence-corrected chi connectivity index (χ4v) is 4.26. The largest absolute Gasteiger partial charge is 0.309 e. The van der Waals surface area contributed by atoms with Crippen LogP contribution in [0.25, 0.3) is 38.6 Å². The molecule has 3 heteroatoms. The van der Waals surface area contributed by atoms with Gasteiger partial charge >= 0.3 is 0 Å². The Balaban J connectivity index is 1.82. The zero-order chi connectivity index (χ0) is 21.6. The number of pyridine rings is 1. The zero-order valence-electron chi connectivity index (χ0n) is 17.9. The predicted molar refractivity (Wildman–Crippen MR) is 127 cm³/mol. The van der Waals surface area contributed by atoms with E-state index in [9.17, 15) is 5.26 Å². The molecule has 3 nitrogen and oxygen atoms in total. The molecule has 150 valence electrons. The summed E-state index contributed by atoms with van der Waals surface area (Å²) in [4.78, 5) is 4.12. The topological polar surface area (TPSA) is 41.6 Å². The quantitative estimate of drug-likeness (QED) is 0.319. The maximum Gasteiger partial charge on any atom is 0.0998 e. The second kappa shape index (κ2) is 7.11. The highest BCUT2D eigenvalue weighted by Crippen LogP contribution is 2.36. The van der Waals surface area contributed by atoms with Gasteiger partial charge in [-0.3, -0.25) is 4.98 Å². The molecule has 0 amide bonds. The van der Waals surface area contributed by atoms with E-state index in [0.717, 1.165) is 22.3 Å². The molecule has 0 saturated heterocycles. The molecule has 0 unspecified atom stereocenters. The third kappa shape index (κ3) is 3.17. The van der Waals surface area contributed by atoms with E-state index in [1.807, 2.05) is 24.3 Å². The first kappa shape index (κ1) is 19.1. The highest BCUT2D eigenvalue weighted by Gasteiger charge is 2.18. The van der Waals surface area contributed by atoms with E-state index in [4.69, 9.17) is 0 Å². The van der Waals surface area contributed by atoms with Gasteiger partial charge in [-0.15, -0.1) is 0 Å². The van der Waals surface area contributed by atoms with Crippen LogP contribution in [0.3, 0.4) is 0 Å². The minimum Gasteiger partial charge on any atom is -0.309 e. The number of hydrogen-bond acceptors (Lipinski definition) is 2. The number of fused-ring (bicyclic) bond motifs is 3. The number of nitrogens with zero attached hydrogens (tertiary/aromatic N) is 3. The highest BCUT2D eigenvalue weighted by atomic mass is 15.0. The van der Waals surface area contributed by atoms with Gasteiger partial charge in [-0.1, -0.05) is 45.0 Å². The summed E-state index contributed by atoms with van der Waals surface area (Å²) in [5.74, 6) is 0. The molecule has 31 heavy (non-hydrogen) atoms. The number of nitriles is 1. The Kier molecular flexibility index (Phi) is 4.38. The maximum atomic E-state index is 9.68. The SMILES string of the molecule is CC(C)(C)c1ccc2c(c1)c1ccccc1n2-c1ccc(C#N)c(-c2ccncc2)c1. The van der Waals surface area contributed by atoms with Gasteiger partial charge in [-0.25, -0.2) is 0 Å². The van der Waals surface area contributed by atoms with Crippen LogP contribution in [0, 0.1) is 11.3 Å². The molecule has 0 bridgehead atoms. The summed E-state index contributed by atoms with van der Waals surface area (Å²) < 4.78 is 2.29. The lowest BCUT2D eigenvalue weighted by Crippen LogP contribution is -2.10. The molecular weight excluding hydrogens is 378 g/mol. The number of hydrogen-bond donors (Lipinski definition) is 0. The van der Waals surface area contributed by atoms with Gasteiger partial charge in [-0.05, 0) is 65.1 Å². The van der Waals surface area contributed by atoms with Crippen molar-refractivity contribution in [1.82, 2.24) is 9.55 Å². The second-order valence-corrected chi connectivity index (χ2v) is 8.91. The molecule has 0 N–H and O–H groups in total. The molecule has 3 aromatic carbocycles. The summed E-state index contributed by atoms with van der Waals surface area (Å²) in [6.45, 7) is 6.74. The van der Waals surface area contributed by atoms with Crippen LogP contribution in [0.15, 0.2) is 85.2 Å². The molecule has 0 aliphatic rings. The zero-order valence-corrected chi connectivity index (χ0v) is 17.9. The first-order chi connectivity index (χ1) is 15.0. The van der Waals surface area contributed by atoms with Gasteiger partial charge < -0.3 is 4.57 Å². The predicted octanol–water partition coefficient (Wildman–Crippen LogP) is 7.01. The molecule has 0 spiro atoms. The Labute approximate surface area is 182 Å². The molecule has 0 fully saturated rings. The Morgan fingerprint density at radius 2 is 1.55 bits per heavy atom. The average Bonchev–Trinajstić information content (AvgIpc) is 3.12. The van der Waals surface area contributed by atoms with Crippen molar-refractivity contribution in [3.05, 3.63) is 96.3 Å². The lowest BCUT2D eigenvalue weighted by molar-refractivity contribution is 0.591. The molecule has 2 aromatic heterocycles. The van der Waals surface area contributed by atoms with E-state index >= 15 is 0 Å². The van der Waals surface area contributed by atoms with Crippen molar-refractivity contribution in [1.29, 1.82) is 5.26 Å². The van der Waals surface area contributed by atoms with Crippen LogP contribution < -0.4 is 0 Å². The third-order valence-corrected chi connectivity index (χ3v) is 5.91. The van der Waals surface area contributed by atoms with Crippen molar-refractivity contribution in [3.8, 4) is 22.9 Å². The van der Waals surface area contributed by atoms with Gasteiger partial charge in [0.1, 0.15) is 0 Å². The molecule has 5 aromatic rings. The first-order valence-corrected chi connectivity index (χ1v) is 10.5. The molecule has 0 saturated carbocycles. The summed E-state index contributed by atoms with van der Waals surface area (Å²) in [7, 11) is 0. The summed E-state index contributed by atoms with van der Waals surface area (Å²) >= 11 is 0. The number of para-hydroxylation sites is 1. The smallest absolute Gasteiger partial charge is 0.0998 e. The summed E-state index contributed by atoms with van der Waals surface area (Å²) in [6, 6.07) is 27.6. The van der Waals surface area contributed by atoms with Crippen molar-refractivity contribution >= 4 is 21.8 Å². The summed E-state index contributed by atoms with van der Waals surface area (Å²) in [5, 5.41) is 12.2. The summed E-state index contributed by atoms with van der Waals surface area (Å²) in [5.41, 5.74) is 7.34. The molecule has 0 radical (unpaired) electrons. The fourth-order valence-electron chi connectivity index (χ4n) is 4.26. The second-order valence-electron chi connectivity index (χ2n) is 8.91. The van der Waals surface area contributed by atoms with Crippen LogP contribution in [0.2, 0.25) is 0 Å². The summed E-state index contributed by atoms with van der Waals surface area (Å²) in [6.07, 6.45) is 3.52. The van der Waals surface area contributed by atoms with Crippen molar-refractivity contribution in [2.45, 2.75) is 26.2 Å². The molecule has 5 rings (SSSR count). The standard InChI is InChI=1S/C28H23N3/c1-28(2,3)21-9-11-27-25(16-21)23-6-4-5-7-26(23)31(27)22-10-8-20(18-29)24(17-22)19-12-14-30-15-13-19/h4-17H,1-3H3. The number of aromatic nitrogens is 2. The van der Waals surface area contributed by atoms with Crippen LogP contribution in [0.1, 0.15) is 31.9 Å². The van der Waals surface area contributed by atoms with E-state index in [-0.39, 0.29) is 5.41 Å². The van der Waals surface area contributed by atoms with Crippen molar-refractivity contribution in [3.63, 3.8) is 0 Å². The van der Waals surface area contributed by atoms with Gasteiger partial charge in [0.25, 0.3) is 0 Å². The lowest BCUT2D eigenvalue weighted by Gasteiger charge is -2.19. The monoisotopic (exact) mass is 401 g/mol. The molecule has 0 atom stereocenters. The Bertz CT molecular complexity index is 1460. The van der Waals surface area contributed by atoms with Crippen molar-refractivity contribution < 1.29 is 0 Å². The van der Waals surface area contributed by atoms with Crippen LogP contribution in [-0.4, -0.2) is 9.55 Å². The van der Waals surface area contributed by atoms with E-state index < -0.39 is 0 Å². The minimum atomic E-state index is 0.0837. The normalized spacial score (nSPS) is 11.7. The van der Waals surface area contributed by atoms with Crippen LogP contribution in [-0.2, 0) is 5.41 Å². The Morgan fingerprint density at radius 1 is 0.806 bits per heavy atom. The molecular formula is C28H23N3. The van der Waals surface area contributed by atoms with E-state index in [0.29, 0.717) is 5.56 Å². The van der Waals surface area contributed by atoms with E-state index in [1.54, 1.807) is 12.4 Å². The number of rotatable bonds is 2. The van der Waals surface area contributed by atoms with Crippen molar-refractivity contribution in [2.24, 2.45) is 0 Å². The Morgan fingerprint density at radius 3 is 2.29 bits per heavy atom. The van der Waals surface area contributed by atoms with Gasteiger partial charge in [0, 0.05) is 34.4 Å². The molecule has 2 heterocycles. The molecule has 0 aliphatic carbocycles. The first-order valence-electron chi connectivity index (χ1n) is 10.5. The van der Waals surface area contributed by atoms with Crippen LogP contribution in [0.4, 0.5) is 0 Å². The average molecular weight is 402 g/mol. The van der Waals surface area contributed by atoms with Gasteiger partial charge in [0.2, 0.25) is 0 Å². The van der Waals surface area contributed by atoms with Crippen LogP contribution in [0.5, 0.6) is 0 Å². The van der Waals surface area contributed by atoms with Crippen LogP contribution >= 0.6 is 0 Å². The third-order valence-electron chi connectivity index (χ3n) is 5.91. The van der Waals surface area contributed by atoms with Gasteiger partial charge in [-0.2, -0.15) is 5.26 Å². The number of benzene rings is 3. The van der Waals surface area contributed by atoms with Gasteiger partial charge in [0.05, 0.1) is 22.7 Å². The van der Waals surface area contributed by atoms with Gasteiger partial charge in [0.15, 0.2) is 0 Å². The van der Waals surface area contributed by atoms with E-state index in [1.165, 1.54) is 21.9 Å². The van der Waals surface area contributed by atoms with E-state index in [2.05, 4.69) is 84.9 Å². The highest BCUT2D eigenvalue weighted by molar-refractivity contribution is 6.09. The fraction of sp³-hybridized carbons (Fsp3) is 0.143. The Hall–Kier alpha value is -3.90. The lowest BCUT2D eigenvalue weighted by atomic mass is 9.86. The van der Waals surface area contributed by atoms with Crippen molar-refractivity contribution in [2.75, 3.05) is 0 Å².